The minimum atomic E-state index is -2.55. The Labute approximate surface area is 180 Å². The molecule has 0 saturated heterocycles. The van der Waals surface area contributed by atoms with Crippen LogP contribution < -0.4 is 10.1 Å². The number of aromatic nitrogens is 1. The molecule has 1 aromatic heterocycles. The third kappa shape index (κ3) is 7.10. The van der Waals surface area contributed by atoms with E-state index >= 15 is 0 Å². The van der Waals surface area contributed by atoms with Crippen LogP contribution in [0.2, 0.25) is 0 Å². The van der Waals surface area contributed by atoms with Crippen molar-refractivity contribution in [2.45, 2.75) is 59.6 Å². The monoisotopic (exact) mass is 434 g/mol. The van der Waals surface area contributed by atoms with Crippen molar-refractivity contribution in [3.8, 4) is 5.75 Å². The molecule has 0 aliphatic heterocycles. The minimum absolute atomic E-state index is 0.0794. The lowest BCUT2D eigenvalue weighted by Crippen LogP contribution is -2.33. The molecule has 2 N–H and O–H groups in total. The molecular weight excluding hydrogens is 406 g/mol. The molecule has 0 aliphatic carbocycles. The summed E-state index contributed by atoms with van der Waals surface area (Å²) in [5, 5.41) is 12.6. The number of aryl methyl sites for hydroxylation is 3. The van der Waals surface area contributed by atoms with Gasteiger partial charge in [-0.2, -0.15) is 0 Å². The van der Waals surface area contributed by atoms with E-state index in [2.05, 4.69) is 10.3 Å². The van der Waals surface area contributed by atoms with Crippen molar-refractivity contribution in [3.63, 3.8) is 0 Å². The maximum Gasteiger partial charge on any atom is 0.272 e. The molecule has 0 aliphatic rings. The number of Topliss-reactive ketones (excluding diaryl/α,β-unsaturated/α-hetero) is 1. The molecule has 0 atom stereocenters. The number of pyridine rings is 1. The minimum Gasteiger partial charge on any atom is -0.487 e. The predicted molar refractivity (Wildman–Crippen MR) is 113 cm³/mol. The number of hydrogen-bond acceptors (Lipinski definition) is 5. The van der Waals surface area contributed by atoms with Crippen molar-refractivity contribution in [2.75, 3.05) is 6.61 Å². The van der Waals surface area contributed by atoms with Crippen LogP contribution in [0.3, 0.4) is 0 Å². The number of amides is 1. The van der Waals surface area contributed by atoms with Crippen LogP contribution in [0.4, 0.5) is 8.78 Å². The summed E-state index contributed by atoms with van der Waals surface area (Å²) in [6, 6.07) is 6.70. The number of ether oxygens (including phenoxy) is 1. The van der Waals surface area contributed by atoms with E-state index in [1.807, 2.05) is 0 Å². The molecule has 1 aromatic carbocycles. The first-order valence-electron chi connectivity index (χ1n) is 9.89. The van der Waals surface area contributed by atoms with Gasteiger partial charge in [-0.05, 0) is 63.4 Å². The Balaban J connectivity index is 2.10. The van der Waals surface area contributed by atoms with Gasteiger partial charge in [0, 0.05) is 23.5 Å². The first-order chi connectivity index (χ1) is 14.4. The molecule has 0 bridgehead atoms. The van der Waals surface area contributed by atoms with Gasteiger partial charge in [0.2, 0.25) is 0 Å². The summed E-state index contributed by atoms with van der Waals surface area (Å²) in [5.74, 6) is -0.311. The molecular formula is C23H28F2N2O4. The highest BCUT2D eigenvalue weighted by Crippen LogP contribution is 2.25. The van der Waals surface area contributed by atoms with Gasteiger partial charge in [0.25, 0.3) is 12.3 Å². The lowest BCUT2D eigenvalue weighted by atomic mass is 9.98. The molecule has 8 heteroatoms. The molecule has 2 aromatic rings. The largest absolute Gasteiger partial charge is 0.487 e. The van der Waals surface area contributed by atoms with E-state index in [9.17, 15) is 23.5 Å². The maximum atomic E-state index is 12.6. The number of benzene rings is 1. The van der Waals surface area contributed by atoms with E-state index in [0.29, 0.717) is 33.8 Å². The van der Waals surface area contributed by atoms with Gasteiger partial charge in [0.05, 0.1) is 6.42 Å². The molecule has 0 radical (unpaired) electrons. The van der Waals surface area contributed by atoms with E-state index in [4.69, 9.17) is 4.74 Å². The summed E-state index contributed by atoms with van der Waals surface area (Å²) in [4.78, 5) is 29.0. The summed E-state index contributed by atoms with van der Waals surface area (Å²) < 4.78 is 30.0. The molecule has 1 heterocycles. The Bertz CT molecular complexity index is 946. The predicted octanol–water partition coefficient (Wildman–Crippen LogP) is 3.46. The second kappa shape index (κ2) is 9.96. The van der Waals surface area contributed by atoms with Crippen molar-refractivity contribution in [1.29, 1.82) is 0 Å². The first kappa shape index (κ1) is 24.4. The molecule has 1 amide bonds. The second-order valence-corrected chi connectivity index (χ2v) is 8.09. The Morgan fingerprint density at radius 3 is 2.29 bits per heavy atom. The number of nitrogens with zero attached hydrogens (tertiary/aromatic N) is 1. The summed E-state index contributed by atoms with van der Waals surface area (Å²) >= 11 is 0. The summed E-state index contributed by atoms with van der Waals surface area (Å²) in [6.45, 7) is 7.62. The fourth-order valence-electron chi connectivity index (χ4n) is 3.14. The Hall–Kier alpha value is -2.87. The zero-order valence-electron chi connectivity index (χ0n) is 18.4. The molecule has 0 spiro atoms. The SMILES string of the molecule is Cc1cc(C(=O)NCc2cc(C)c(OCC(F)F)c(C)c2)cc(CC(=O)C(C)(C)O)n1. The fourth-order valence-corrected chi connectivity index (χ4v) is 3.14. The van der Waals surface area contributed by atoms with Crippen molar-refractivity contribution in [3.05, 3.63) is 57.9 Å². The van der Waals surface area contributed by atoms with E-state index < -0.39 is 24.4 Å². The average Bonchev–Trinajstić information content (AvgIpc) is 2.63. The topological polar surface area (TPSA) is 88.5 Å². The molecule has 0 unspecified atom stereocenters. The van der Waals surface area contributed by atoms with Crippen molar-refractivity contribution in [2.24, 2.45) is 0 Å². The standard InChI is InChI=1S/C23H28F2N2O4/c1-13-6-16(7-14(2)21(13)31-12-20(24)25)11-26-22(29)17-8-15(3)27-18(9-17)10-19(28)23(4,5)30/h6-9,20,30H,10-12H2,1-5H3,(H,26,29). The molecule has 6 nitrogen and oxygen atoms in total. The van der Waals surface area contributed by atoms with E-state index in [-0.39, 0.29) is 18.9 Å². The zero-order chi connectivity index (χ0) is 23.3. The van der Waals surface area contributed by atoms with E-state index in [1.165, 1.54) is 19.9 Å². The highest BCUT2D eigenvalue weighted by molar-refractivity contribution is 5.95. The van der Waals surface area contributed by atoms with Crippen LogP contribution in [0.1, 0.15) is 52.3 Å². The number of carbonyl (C=O) groups excluding carboxylic acids is 2. The quantitative estimate of drug-likeness (QED) is 0.631. The van der Waals surface area contributed by atoms with Crippen LogP contribution in [-0.4, -0.2) is 40.4 Å². The second-order valence-electron chi connectivity index (χ2n) is 8.09. The van der Waals surface area contributed by atoms with Crippen molar-refractivity contribution >= 4 is 11.7 Å². The number of carbonyl (C=O) groups is 2. The van der Waals surface area contributed by atoms with Crippen LogP contribution >= 0.6 is 0 Å². The smallest absolute Gasteiger partial charge is 0.272 e. The third-order valence-electron chi connectivity index (χ3n) is 4.62. The summed E-state index contributed by atoms with van der Waals surface area (Å²) in [7, 11) is 0. The Kier molecular flexibility index (Phi) is 7.84. The van der Waals surface area contributed by atoms with E-state index in [0.717, 1.165) is 5.56 Å². The average molecular weight is 434 g/mol. The zero-order valence-corrected chi connectivity index (χ0v) is 18.4. The number of hydrogen-bond donors (Lipinski definition) is 2. The van der Waals surface area contributed by atoms with Crippen LogP contribution in [-0.2, 0) is 17.8 Å². The molecule has 168 valence electrons. The van der Waals surface area contributed by atoms with Gasteiger partial charge in [-0.3, -0.25) is 14.6 Å². The Morgan fingerprint density at radius 2 is 1.74 bits per heavy atom. The van der Waals surface area contributed by atoms with Gasteiger partial charge >= 0.3 is 0 Å². The molecule has 0 fully saturated rings. The molecule has 31 heavy (non-hydrogen) atoms. The van der Waals surface area contributed by atoms with Gasteiger partial charge in [-0.15, -0.1) is 0 Å². The van der Waals surface area contributed by atoms with Gasteiger partial charge in [-0.1, -0.05) is 12.1 Å². The number of nitrogens with one attached hydrogen (secondary N) is 1. The van der Waals surface area contributed by atoms with Gasteiger partial charge in [0.1, 0.15) is 18.0 Å². The molecule has 2 rings (SSSR count). The fraction of sp³-hybridized carbons (Fsp3) is 0.435. The van der Waals surface area contributed by atoms with Crippen LogP contribution in [0, 0.1) is 20.8 Å². The van der Waals surface area contributed by atoms with Crippen LogP contribution in [0.25, 0.3) is 0 Å². The van der Waals surface area contributed by atoms with Crippen molar-refractivity contribution < 1.29 is 28.2 Å². The molecule has 0 saturated carbocycles. The van der Waals surface area contributed by atoms with E-state index in [1.54, 1.807) is 39.0 Å². The van der Waals surface area contributed by atoms with Crippen LogP contribution in [0.5, 0.6) is 5.75 Å². The lowest BCUT2D eigenvalue weighted by Gasteiger charge is -2.16. The number of rotatable bonds is 9. The number of halogens is 2. The highest BCUT2D eigenvalue weighted by Gasteiger charge is 2.24. The Morgan fingerprint density at radius 1 is 1.13 bits per heavy atom. The number of ketones is 1. The number of aliphatic hydroxyl groups is 1. The normalized spacial score (nSPS) is 11.5. The van der Waals surface area contributed by atoms with Gasteiger partial charge in [0.15, 0.2) is 5.78 Å². The first-order valence-corrected chi connectivity index (χ1v) is 9.89. The van der Waals surface area contributed by atoms with Gasteiger partial charge in [-0.25, -0.2) is 8.78 Å². The van der Waals surface area contributed by atoms with Crippen molar-refractivity contribution in [1.82, 2.24) is 10.3 Å². The maximum absolute atomic E-state index is 12.6. The summed E-state index contributed by atoms with van der Waals surface area (Å²) in [6.07, 6.45) is -2.63. The third-order valence-corrected chi connectivity index (χ3v) is 4.62. The summed E-state index contributed by atoms with van der Waals surface area (Å²) in [5.41, 5.74) is 2.08. The lowest BCUT2D eigenvalue weighted by molar-refractivity contribution is -0.133. The van der Waals surface area contributed by atoms with Gasteiger partial charge < -0.3 is 15.2 Å². The van der Waals surface area contributed by atoms with Crippen LogP contribution in [0.15, 0.2) is 24.3 Å². The number of alkyl halides is 2. The highest BCUT2D eigenvalue weighted by atomic mass is 19.3.